The molecule has 0 saturated carbocycles. The van der Waals surface area contributed by atoms with Gasteiger partial charge in [-0.1, -0.05) is 41.4 Å². The van der Waals surface area contributed by atoms with Gasteiger partial charge < -0.3 is 19.3 Å². The lowest BCUT2D eigenvalue weighted by molar-refractivity contribution is 0.215. The van der Waals surface area contributed by atoms with Gasteiger partial charge in [-0.25, -0.2) is 5.43 Å². The molecule has 5 rings (SSSR count). The van der Waals surface area contributed by atoms with Gasteiger partial charge in [0.05, 0.1) is 11.2 Å². The number of para-hydroxylation sites is 1. The number of hydrogen-bond donors (Lipinski definition) is 1. The SMILES string of the molecule is Cc1cccc(C)c1OCCOc1c(Cl)cc(Cl)cc1C=NNc1nc(N2CCCC2)nc(N2CCCC2)n1. The molecule has 39 heavy (non-hydrogen) atoms. The van der Waals surface area contributed by atoms with Crippen molar-refractivity contribution in [1.82, 2.24) is 15.0 Å². The Bertz CT molecular complexity index is 1270. The zero-order valence-corrected chi connectivity index (χ0v) is 23.8. The van der Waals surface area contributed by atoms with E-state index in [1.54, 1.807) is 18.3 Å². The van der Waals surface area contributed by atoms with E-state index in [9.17, 15) is 0 Å². The Morgan fingerprint density at radius 1 is 0.846 bits per heavy atom. The summed E-state index contributed by atoms with van der Waals surface area (Å²) in [6.07, 6.45) is 6.16. The first-order valence-electron chi connectivity index (χ1n) is 13.3. The Morgan fingerprint density at radius 2 is 1.41 bits per heavy atom. The summed E-state index contributed by atoms with van der Waals surface area (Å²) >= 11 is 12.8. The number of halogens is 2. The van der Waals surface area contributed by atoms with Gasteiger partial charge in [-0.3, -0.25) is 0 Å². The molecule has 206 valence electrons. The van der Waals surface area contributed by atoms with E-state index in [1.165, 1.54) is 0 Å². The van der Waals surface area contributed by atoms with Crippen LogP contribution in [0, 0.1) is 13.8 Å². The van der Waals surface area contributed by atoms with Gasteiger partial charge in [0.15, 0.2) is 0 Å². The Balaban J connectivity index is 1.29. The quantitative estimate of drug-likeness (QED) is 0.183. The highest BCUT2D eigenvalue weighted by Crippen LogP contribution is 2.32. The summed E-state index contributed by atoms with van der Waals surface area (Å²) < 4.78 is 12.0. The van der Waals surface area contributed by atoms with Crippen LogP contribution >= 0.6 is 23.2 Å². The molecule has 2 fully saturated rings. The molecule has 0 radical (unpaired) electrons. The molecule has 2 aliphatic heterocycles. The predicted molar refractivity (Wildman–Crippen MR) is 157 cm³/mol. The molecule has 2 aromatic carbocycles. The lowest BCUT2D eigenvalue weighted by atomic mass is 10.1. The molecule has 1 aromatic heterocycles. The van der Waals surface area contributed by atoms with Crippen molar-refractivity contribution in [2.24, 2.45) is 5.10 Å². The number of nitrogens with zero attached hydrogens (tertiary/aromatic N) is 6. The number of nitrogens with one attached hydrogen (secondary N) is 1. The topological polar surface area (TPSA) is 88.0 Å². The first-order chi connectivity index (χ1) is 19.0. The normalized spacial score (nSPS) is 15.4. The highest BCUT2D eigenvalue weighted by atomic mass is 35.5. The number of benzene rings is 2. The van der Waals surface area contributed by atoms with Gasteiger partial charge >= 0.3 is 0 Å². The third kappa shape index (κ3) is 6.83. The minimum absolute atomic E-state index is 0.301. The molecular weight excluding hydrogens is 537 g/mol. The molecule has 3 aromatic rings. The number of aryl methyl sites for hydroxylation is 2. The van der Waals surface area contributed by atoms with Crippen molar-refractivity contribution in [1.29, 1.82) is 0 Å². The van der Waals surface area contributed by atoms with E-state index in [-0.39, 0.29) is 0 Å². The Kier molecular flexibility index (Phi) is 8.88. The lowest BCUT2D eigenvalue weighted by Gasteiger charge is -2.20. The fourth-order valence-corrected chi connectivity index (χ4v) is 5.39. The minimum atomic E-state index is 0.301. The van der Waals surface area contributed by atoms with Gasteiger partial charge in [0.25, 0.3) is 0 Å². The monoisotopic (exact) mass is 569 g/mol. The lowest BCUT2D eigenvalue weighted by Crippen LogP contribution is -2.25. The van der Waals surface area contributed by atoms with Crippen LogP contribution in [0.3, 0.4) is 0 Å². The first-order valence-corrected chi connectivity index (χ1v) is 14.1. The third-order valence-electron chi connectivity index (χ3n) is 6.78. The number of anilines is 3. The van der Waals surface area contributed by atoms with Gasteiger partial charge in [0, 0.05) is 36.8 Å². The molecule has 9 nitrogen and oxygen atoms in total. The van der Waals surface area contributed by atoms with Gasteiger partial charge in [0.1, 0.15) is 24.7 Å². The fourth-order valence-electron chi connectivity index (χ4n) is 4.82. The number of ether oxygens (including phenoxy) is 2. The molecule has 0 spiro atoms. The molecule has 11 heteroatoms. The highest BCUT2D eigenvalue weighted by molar-refractivity contribution is 6.36. The van der Waals surface area contributed by atoms with Gasteiger partial charge in [0.2, 0.25) is 17.8 Å². The molecule has 2 aliphatic rings. The maximum absolute atomic E-state index is 6.49. The third-order valence-corrected chi connectivity index (χ3v) is 7.28. The maximum Gasteiger partial charge on any atom is 0.250 e. The summed E-state index contributed by atoms with van der Waals surface area (Å²) in [5.41, 5.74) is 5.76. The second kappa shape index (κ2) is 12.7. The van der Waals surface area contributed by atoms with Crippen molar-refractivity contribution in [2.45, 2.75) is 39.5 Å². The van der Waals surface area contributed by atoms with E-state index in [4.69, 9.17) is 37.7 Å². The van der Waals surface area contributed by atoms with Gasteiger partial charge in [-0.2, -0.15) is 20.1 Å². The van der Waals surface area contributed by atoms with E-state index in [2.05, 4.69) is 30.3 Å². The van der Waals surface area contributed by atoms with Crippen molar-refractivity contribution >= 4 is 47.3 Å². The summed E-state index contributed by atoms with van der Waals surface area (Å²) in [7, 11) is 0. The van der Waals surface area contributed by atoms with Gasteiger partial charge in [-0.05, 0) is 62.8 Å². The Morgan fingerprint density at radius 3 is 2.00 bits per heavy atom. The van der Waals surface area contributed by atoms with E-state index in [0.29, 0.717) is 52.4 Å². The van der Waals surface area contributed by atoms with Crippen molar-refractivity contribution in [3.63, 3.8) is 0 Å². The molecule has 0 bridgehead atoms. The number of aromatic nitrogens is 3. The highest BCUT2D eigenvalue weighted by Gasteiger charge is 2.21. The average Bonchev–Trinajstić information content (AvgIpc) is 3.64. The van der Waals surface area contributed by atoms with Crippen LogP contribution in [-0.4, -0.2) is 60.6 Å². The predicted octanol–water partition coefficient (Wildman–Crippen LogP) is 5.90. The van der Waals surface area contributed by atoms with Crippen LogP contribution in [0.1, 0.15) is 42.4 Å². The van der Waals surface area contributed by atoms with Crippen molar-refractivity contribution in [3.05, 3.63) is 57.1 Å². The average molecular weight is 571 g/mol. The largest absolute Gasteiger partial charge is 0.489 e. The fraction of sp³-hybridized carbons (Fsp3) is 0.429. The van der Waals surface area contributed by atoms with Crippen LogP contribution < -0.4 is 24.7 Å². The zero-order valence-electron chi connectivity index (χ0n) is 22.3. The Labute approximate surface area is 239 Å². The zero-order chi connectivity index (χ0) is 27.2. The van der Waals surface area contributed by atoms with Crippen LogP contribution in [0.4, 0.5) is 17.8 Å². The number of hydrogen-bond acceptors (Lipinski definition) is 9. The van der Waals surface area contributed by atoms with E-state index in [0.717, 1.165) is 68.7 Å². The van der Waals surface area contributed by atoms with Crippen LogP contribution in [0.15, 0.2) is 35.4 Å². The van der Waals surface area contributed by atoms with Gasteiger partial charge in [-0.15, -0.1) is 0 Å². The first kappa shape index (κ1) is 27.3. The Hall–Kier alpha value is -3.30. The van der Waals surface area contributed by atoms with Crippen LogP contribution in [0.5, 0.6) is 11.5 Å². The molecular formula is C28H33Cl2N7O2. The number of hydrazone groups is 1. The second-order valence-corrected chi connectivity index (χ2v) is 10.6. The van der Waals surface area contributed by atoms with Crippen molar-refractivity contribution in [2.75, 3.05) is 54.6 Å². The maximum atomic E-state index is 6.49. The van der Waals surface area contributed by atoms with Crippen LogP contribution in [0.25, 0.3) is 0 Å². The summed E-state index contributed by atoms with van der Waals surface area (Å²) in [6.45, 7) is 8.49. The van der Waals surface area contributed by atoms with E-state index >= 15 is 0 Å². The second-order valence-electron chi connectivity index (χ2n) is 9.74. The van der Waals surface area contributed by atoms with E-state index in [1.807, 2.05) is 32.0 Å². The molecule has 0 atom stereocenters. The summed E-state index contributed by atoms with van der Waals surface area (Å²) in [4.78, 5) is 18.4. The summed E-state index contributed by atoms with van der Waals surface area (Å²) in [5.74, 6) is 3.10. The summed E-state index contributed by atoms with van der Waals surface area (Å²) in [6, 6.07) is 9.45. The molecule has 0 unspecified atom stereocenters. The molecule has 1 N–H and O–H groups in total. The molecule has 0 aliphatic carbocycles. The number of rotatable bonds is 10. The molecule has 0 amide bonds. The molecule has 2 saturated heterocycles. The summed E-state index contributed by atoms with van der Waals surface area (Å²) in [5, 5.41) is 5.27. The smallest absolute Gasteiger partial charge is 0.250 e. The molecule has 3 heterocycles. The standard InChI is InChI=1S/C28H33Cl2N7O2/c1-19-8-7-9-20(2)24(19)38-14-15-39-25-21(16-22(29)17-23(25)30)18-31-35-26-32-27(36-10-3-4-11-36)34-28(33-26)37-12-5-6-13-37/h7-9,16-18H,3-6,10-15H2,1-2H3,(H,32,33,34,35). The van der Waals surface area contributed by atoms with E-state index < -0.39 is 0 Å². The van der Waals surface area contributed by atoms with Crippen molar-refractivity contribution in [3.8, 4) is 11.5 Å². The van der Waals surface area contributed by atoms with Crippen LogP contribution in [-0.2, 0) is 0 Å². The van der Waals surface area contributed by atoms with Crippen LogP contribution in [0.2, 0.25) is 10.0 Å². The minimum Gasteiger partial charge on any atom is -0.489 e. The van der Waals surface area contributed by atoms with Crippen molar-refractivity contribution < 1.29 is 9.47 Å².